The molecule has 0 radical (unpaired) electrons. The Labute approximate surface area is 145 Å². The minimum Gasteiger partial charge on any atom is -0.374 e. The fraction of sp³-hybridized carbons (Fsp3) is 0.444. The van der Waals surface area contributed by atoms with Crippen molar-refractivity contribution in [3.8, 4) is 0 Å². The monoisotopic (exact) mass is 343 g/mol. The van der Waals surface area contributed by atoms with Crippen LogP contribution < -0.4 is 0 Å². The van der Waals surface area contributed by atoms with Gasteiger partial charge in [0.25, 0.3) is 5.91 Å². The first-order chi connectivity index (χ1) is 11.8. The zero-order chi connectivity index (χ0) is 16.4. The van der Waals surface area contributed by atoms with E-state index in [9.17, 15) is 4.79 Å². The molecule has 0 saturated carbocycles. The van der Waals surface area contributed by atoms with Gasteiger partial charge in [-0.1, -0.05) is 6.07 Å². The SMILES string of the molecule is O=C(c1cccnc1)N1CCO[C@@H]2CCN(Cc3cccs3)C[C@H]21. The first-order valence-corrected chi connectivity index (χ1v) is 9.26. The molecule has 6 heteroatoms. The van der Waals surface area contributed by atoms with Gasteiger partial charge in [-0.2, -0.15) is 0 Å². The second kappa shape index (κ2) is 7.01. The van der Waals surface area contributed by atoms with Crippen molar-refractivity contribution >= 4 is 17.2 Å². The average Bonchev–Trinajstić information content (AvgIpc) is 3.14. The lowest BCUT2D eigenvalue weighted by Crippen LogP contribution is -2.61. The number of ether oxygens (including phenoxy) is 1. The van der Waals surface area contributed by atoms with Crippen LogP contribution in [0.4, 0.5) is 0 Å². The molecule has 5 nitrogen and oxygen atoms in total. The summed E-state index contributed by atoms with van der Waals surface area (Å²) >= 11 is 1.79. The summed E-state index contributed by atoms with van der Waals surface area (Å²) in [6.07, 6.45) is 4.48. The maximum atomic E-state index is 12.9. The summed E-state index contributed by atoms with van der Waals surface area (Å²) in [5.41, 5.74) is 0.661. The molecular formula is C18H21N3O2S. The number of thiophene rings is 1. The normalized spacial score (nSPS) is 24.6. The lowest BCUT2D eigenvalue weighted by Gasteiger charge is -2.47. The Morgan fingerprint density at radius 3 is 3.08 bits per heavy atom. The van der Waals surface area contributed by atoms with E-state index in [2.05, 4.69) is 27.4 Å². The maximum Gasteiger partial charge on any atom is 0.255 e. The summed E-state index contributed by atoms with van der Waals surface area (Å²) in [6.45, 7) is 4.12. The molecule has 0 aliphatic carbocycles. The number of carbonyl (C=O) groups is 1. The maximum absolute atomic E-state index is 12.9. The van der Waals surface area contributed by atoms with Gasteiger partial charge in [0.2, 0.25) is 0 Å². The largest absolute Gasteiger partial charge is 0.374 e. The quantitative estimate of drug-likeness (QED) is 0.858. The van der Waals surface area contributed by atoms with Crippen molar-refractivity contribution < 1.29 is 9.53 Å². The lowest BCUT2D eigenvalue weighted by molar-refractivity contribution is -0.0913. The molecule has 2 aliphatic heterocycles. The molecule has 0 aromatic carbocycles. The number of carbonyl (C=O) groups excluding carboxylic acids is 1. The molecule has 4 rings (SSSR count). The highest BCUT2D eigenvalue weighted by Crippen LogP contribution is 2.26. The van der Waals surface area contributed by atoms with Crippen LogP contribution in [0.5, 0.6) is 0 Å². The number of pyridine rings is 1. The van der Waals surface area contributed by atoms with E-state index in [1.807, 2.05) is 17.0 Å². The molecule has 24 heavy (non-hydrogen) atoms. The summed E-state index contributed by atoms with van der Waals surface area (Å²) in [6, 6.07) is 8.04. The molecule has 2 fully saturated rings. The number of rotatable bonds is 3. The standard InChI is InChI=1S/C18H21N3O2S/c22-18(14-3-1-6-19-11-14)21-8-9-23-17-5-7-20(13-16(17)21)12-15-4-2-10-24-15/h1-4,6,10-11,16-17H,5,7-9,12-13H2/t16-,17-/m1/s1. The molecule has 2 saturated heterocycles. The van der Waals surface area contributed by atoms with E-state index in [-0.39, 0.29) is 18.1 Å². The van der Waals surface area contributed by atoms with E-state index in [1.54, 1.807) is 23.7 Å². The highest BCUT2D eigenvalue weighted by atomic mass is 32.1. The Kier molecular flexibility index (Phi) is 4.60. The predicted molar refractivity (Wildman–Crippen MR) is 93.0 cm³/mol. The minimum absolute atomic E-state index is 0.0689. The fourth-order valence-corrected chi connectivity index (χ4v) is 4.36. The fourth-order valence-electron chi connectivity index (χ4n) is 3.61. The Morgan fingerprint density at radius 2 is 2.29 bits per heavy atom. The number of aromatic nitrogens is 1. The molecule has 2 aromatic rings. The molecule has 0 N–H and O–H groups in total. The van der Waals surface area contributed by atoms with Gasteiger partial charge in [-0.25, -0.2) is 0 Å². The predicted octanol–water partition coefficient (Wildman–Crippen LogP) is 2.26. The van der Waals surface area contributed by atoms with E-state index in [0.717, 1.165) is 26.1 Å². The number of likely N-dealkylation sites (tertiary alicyclic amines) is 1. The molecule has 0 bridgehead atoms. The van der Waals surface area contributed by atoms with Gasteiger partial charge >= 0.3 is 0 Å². The van der Waals surface area contributed by atoms with Crippen LogP contribution in [0, 0.1) is 0 Å². The second-order valence-electron chi connectivity index (χ2n) is 6.32. The Bertz CT molecular complexity index is 677. The second-order valence-corrected chi connectivity index (χ2v) is 7.35. The third-order valence-corrected chi connectivity index (χ3v) is 5.66. The third-order valence-electron chi connectivity index (χ3n) is 4.80. The van der Waals surface area contributed by atoms with Gasteiger partial charge < -0.3 is 9.64 Å². The first-order valence-electron chi connectivity index (χ1n) is 8.38. The van der Waals surface area contributed by atoms with Crippen molar-refractivity contribution in [3.63, 3.8) is 0 Å². The van der Waals surface area contributed by atoms with Gasteiger partial charge in [-0.3, -0.25) is 14.7 Å². The molecule has 0 spiro atoms. The number of nitrogens with zero attached hydrogens (tertiary/aromatic N) is 3. The summed E-state index contributed by atoms with van der Waals surface area (Å²) in [5.74, 6) is 0.0689. The van der Waals surface area contributed by atoms with Gasteiger partial charge in [0, 0.05) is 43.4 Å². The minimum atomic E-state index is 0.0689. The van der Waals surface area contributed by atoms with Gasteiger partial charge in [0.1, 0.15) is 0 Å². The molecule has 2 aliphatic rings. The average molecular weight is 343 g/mol. The van der Waals surface area contributed by atoms with Crippen molar-refractivity contribution in [2.24, 2.45) is 0 Å². The number of fused-ring (bicyclic) bond motifs is 1. The van der Waals surface area contributed by atoms with Crippen molar-refractivity contribution in [3.05, 3.63) is 52.5 Å². The summed E-state index contributed by atoms with van der Waals surface area (Å²) in [5, 5.41) is 2.12. The number of morpholine rings is 1. The van der Waals surface area contributed by atoms with E-state index in [1.165, 1.54) is 4.88 Å². The van der Waals surface area contributed by atoms with E-state index < -0.39 is 0 Å². The molecule has 4 heterocycles. The zero-order valence-corrected chi connectivity index (χ0v) is 14.3. The number of piperidine rings is 1. The van der Waals surface area contributed by atoms with Gasteiger partial charge in [0.15, 0.2) is 0 Å². The summed E-state index contributed by atoms with van der Waals surface area (Å²) in [7, 11) is 0. The molecule has 2 atom stereocenters. The van der Waals surface area contributed by atoms with Gasteiger partial charge in [-0.15, -0.1) is 11.3 Å². The lowest BCUT2D eigenvalue weighted by atomic mass is 9.98. The summed E-state index contributed by atoms with van der Waals surface area (Å²) < 4.78 is 5.95. The Hall–Kier alpha value is -1.76. The van der Waals surface area contributed by atoms with Gasteiger partial charge in [-0.05, 0) is 30.0 Å². The highest BCUT2D eigenvalue weighted by Gasteiger charge is 2.39. The molecule has 0 unspecified atom stereocenters. The smallest absolute Gasteiger partial charge is 0.255 e. The van der Waals surface area contributed by atoms with E-state index in [0.29, 0.717) is 18.7 Å². The van der Waals surface area contributed by atoms with Crippen molar-refractivity contribution in [1.29, 1.82) is 0 Å². The topological polar surface area (TPSA) is 45.7 Å². The number of amides is 1. The summed E-state index contributed by atoms with van der Waals surface area (Å²) in [4.78, 5) is 22.8. The number of hydrogen-bond acceptors (Lipinski definition) is 5. The van der Waals surface area contributed by atoms with Crippen LogP contribution in [-0.4, -0.2) is 59.1 Å². The van der Waals surface area contributed by atoms with Crippen LogP contribution in [0.15, 0.2) is 42.0 Å². The molecule has 126 valence electrons. The van der Waals surface area contributed by atoms with E-state index in [4.69, 9.17) is 4.74 Å². The number of hydrogen-bond donors (Lipinski definition) is 0. The van der Waals surface area contributed by atoms with Crippen LogP contribution in [0.2, 0.25) is 0 Å². The first kappa shape index (κ1) is 15.7. The van der Waals surface area contributed by atoms with Crippen molar-refractivity contribution in [1.82, 2.24) is 14.8 Å². The molecular weight excluding hydrogens is 322 g/mol. The van der Waals surface area contributed by atoms with Crippen molar-refractivity contribution in [2.45, 2.75) is 25.1 Å². The highest BCUT2D eigenvalue weighted by molar-refractivity contribution is 7.09. The zero-order valence-electron chi connectivity index (χ0n) is 13.5. The molecule has 1 amide bonds. The molecule has 2 aromatic heterocycles. The van der Waals surface area contributed by atoms with Crippen LogP contribution in [0.3, 0.4) is 0 Å². The third kappa shape index (κ3) is 3.22. The van der Waals surface area contributed by atoms with E-state index >= 15 is 0 Å². The van der Waals surface area contributed by atoms with Crippen LogP contribution in [0.25, 0.3) is 0 Å². The van der Waals surface area contributed by atoms with Crippen molar-refractivity contribution in [2.75, 3.05) is 26.2 Å². The van der Waals surface area contributed by atoms with Crippen LogP contribution in [0.1, 0.15) is 21.7 Å². The Morgan fingerprint density at radius 1 is 1.33 bits per heavy atom. The van der Waals surface area contributed by atoms with Gasteiger partial charge in [0.05, 0.1) is 24.3 Å². The Balaban J connectivity index is 1.49. The van der Waals surface area contributed by atoms with Crippen LogP contribution >= 0.6 is 11.3 Å². The van der Waals surface area contributed by atoms with Crippen LogP contribution in [-0.2, 0) is 11.3 Å².